The molecule has 2 rings (SSSR count). The standard InChI is InChI=1S/C17H20N2O5/c1-5-9(2)13(17(23)24-4)18-14(20)10-6-7-11-12(8-10)16(22)19(3)15(11)21/h6-9,13H,5H2,1-4H3,(H,18,20)/t9-,13+/m0/s1. The molecule has 24 heavy (non-hydrogen) atoms. The van der Waals surface area contributed by atoms with Gasteiger partial charge >= 0.3 is 5.97 Å². The molecule has 1 aromatic carbocycles. The lowest BCUT2D eigenvalue weighted by molar-refractivity contribution is -0.144. The molecule has 0 aliphatic carbocycles. The van der Waals surface area contributed by atoms with Crippen LogP contribution in [0.5, 0.6) is 0 Å². The lowest BCUT2D eigenvalue weighted by atomic mass is 9.98. The number of carbonyl (C=O) groups excluding carboxylic acids is 4. The average molecular weight is 332 g/mol. The van der Waals surface area contributed by atoms with Gasteiger partial charge in [0.1, 0.15) is 6.04 Å². The number of nitrogens with zero attached hydrogens (tertiary/aromatic N) is 1. The number of esters is 1. The second-order valence-electron chi connectivity index (χ2n) is 5.79. The fourth-order valence-corrected chi connectivity index (χ4v) is 2.52. The van der Waals surface area contributed by atoms with E-state index in [0.29, 0.717) is 6.42 Å². The van der Waals surface area contributed by atoms with Crippen LogP contribution in [0.25, 0.3) is 0 Å². The number of benzene rings is 1. The van der Waals surface area contributed by atoms with Crippen molar-refractivity contribution in [1.82, 2.24) is 10.2 Å². The first-order valence-electron chi connectivity index (χ1n) is 7.66. The smallest absolute Gasteiger partial charge is 0.328 e. The van der Waals surface area contributed by atoms with Gasteiger partial charge in [0.2, 0.25) is 0 Å². The fourth-order valence-electron chi connectivity index (χ4n) is 2.52. The van der Waals surface area contributed by atoms with Crippen LogP contribution < -0.4 is 5.32 Å². The quantitative estimate of drug-likeness (QED) is 0.647. The predicted octanol–water partition coefficient (Wildman–Crippen LogP) is 1.23. The van der Waals surface area contributed by atoms with Gasteiger partial charge in [-0.2, -0.15) is 0 Å². The van der Waals surface area contributed by atoms with Gasteiger partial charge < -0.3 is 10.1 Å². The molecule has 1 aliphatic heterocycles. The zero-order chi connectivity index (χ0) is 18.0. The van der Waals surface area contributed by atoms with Gasteiger partial charge in [0.05, 0.1) is 18.2 Å². The van der Waals surface area contributed by atoms with Crippen LogP contribution in [0.1, 0.15) is 51.3 Å². The zero-order valence-corrected chi connectivity index (χ0v) is 14.1. The molecule has 0 saturated carbocycles. The van der Waals surface area contributed by atoms with Crippen LogP contribution in [0.15, 0.2) is 18.2 Å². The Hall–Kier alpha value is -2.70. The van der Waals surface area contributed by atoms with Crippen molar-refractivity contribution in [3.05, 3.63) is 34.9 Å². The van der Waals surface area contributed by atoms with E-state index in [0.717, 1.165) is 4.90 Å². The molecule has 2 atom stereocenters. The van der Waals surface area contributed by atoms with E-state index in [1.54, 1.807) is 0 Å². The van der Waals surface area contributed by atoms with Crippen LogP contribution in [-0.4, -0.2) is 48.8 Å². The molecule has 3 amide bonds. The number of imide groups is 1. The number of ether oxygens (including phenoxy) is 1. The molecule has 0 saturated heterocycles. The van der Waals surface area contributed by atoms with Crippen LogP contribution in [0, 0.1) is 5.92 Å². The Labute approximate surface area is 140 Å². The molecule has 0 bridgehead atoms. The van der Waals surface area contributed by atoms with Crippen LogP contribution in [-0.2, 0) is 9.53 Å². The number of carbonyl (C=O) groups is 4. The van der Waals surface area contributed by atoms with Crippen molar-refractivity contribution in [3.63, 3.8) is 0 Å². The predicted molar refractivity (Wildman–Crippen MR) is 85.6 cm³/mol. The minimum atomic E-state index is -0.777. The van der Waals surface area contributed by atoms with Crippen molar-refractivity contribution in [2.24, 2.45) is 5.92 Å². The van der Waals surface area contributed by atoms with E-state index in [1.807, 2.05) is 13.8 Å². The van der Waals surface area contributed by atoms with E-state index in [4.69, 9.17) is 4.74 Å². The topological polar surface area (TPSA) is 92.8 Å². The van der Waals surface area contributed by atoms with Gasteiger partial charge in [0, 0.05) is 12.6 Å². The molecular formula is C17H20N2O5. The molecule has 7 nitrogen and oxygen atoms in total. The largest absolute Gasteiger partial charge is 0.467 e. The Kier molecular flexibility index (Phi) is 5.02. The van der Waals surface area contributed by atoms with Gasteiger partial charge in [-0.1, -0.05) is 20.3 Å². The third kappa shape index (κ3) is 3.02. The summed E-state index contributed by atoms with van der Waals surface area (Å²) < 4.78 is 4.73. The van der Waals surface area contributed by atoms with E-state index in [1.165, 1.54) is 32.4 Å². The third-order valence-corrected chi connectivity index (χ3v) is 4.31. The van der Waals surface area contributed by atoms with Gasteiger partial charge in [-0.3, -0.25) is 19.3 Å². The fraction of sp³-hybridized carbons (Fsp3) is 0.412. The van der Waals surface area contributed by atoms with Crippen molar-refractivity contribution in [2.75, 3.05) is 14.2 Å². The number of hydrogen-bond acceptors (Lipinski definition) is 5. The van der Waals surface area contributed by atoms with Crippen LogP contribution >= 0.6 is 0 Å². The Morgan fingerprint density at radius 1 is 1.21 bits per heavy atom. The van der Waals surface area contributed by atoms with Crippen molar-refractivity contribution >= 4 is 23.7 Å². The highest BCUT2D eigenvalue weighted by Gasteiger charge is 2.34. The second-order valence-corrected chi connectivity index (χ2v) is 5.79. The molecule has 7 heteroatoms. The Bertz CT molecular complexity index is 713. The number of fused-ring (bicyclic) bond motifs is 1. The number of methoxy groups -OCH3 is 1. The highest BCUT2D eigenvalue weighted by Crippen LogP contribution is 2.23. The summed E-state index contributed by atoms with van der Waals surface area (Å²) in [6, 6.07) is 3.51. The zero-order valence-electron chi connectivity index (χ0n) is 14.1. The van der Waals surface area contributed by atoms with E-state index in [9.17, 15) is 19.2 Å². The van der Waals surface area contributed by atoms with Gasteiger partial charge in [0.25, 0.3) is 17.7 Å². The number of nitrogens with one attached hydrogen (secondary N) is 1. The highest BCUT2D eigenvalue weighted by atomic mass is 16.5. The maximum atomic E-state index is 12.4. The average Bonchev–Trinajstić information content (AvgIpc) is 2.82. The van der Waals surface area contributed by atoms with E-state index in [-0.39, 0.29) is 22.6 Å². The summed E-state index contributed by atoms with van der Waals surface area (Å²) in [5, 5.41) is 2.64. The minimum absolute atomic E-state index is 0.106. The molecule has 1 aliphatic rings. The number of hydrogen-bond donors (Lipinski definition) is 1. The van der Waals surface area contributed by atoms with E-state index < -0.39 is 29.7 Å². The first kappa shape index (κ1) is 17.7. The number of rotatable bonds is 5. The molecule has 0 aromatic heterocycles. The van der Waals surface area contributed by atoms with Gasteiger partial charge in [-0.25, -0.2) is 4.79 Å². The summed E-state index contributed by atoms with van der Waals surface area (Å²) in [5.74, 6) is -1.97. The molecule has 0 unspecified atom stereocenters. The maximum Gasteiger partial charge on any atom is 0.328 e. The van der Waals surface area contributed by atoms with Gasteiger partial charge in [-0.05, 0) is 24.1 Å². The van der Waals surface area contributed by atoms with E-state index in [2.05, 4.69) is 5.32 Å². The molecule has 0 fully saturated rings. The Morgan fingerprint density at radius 2 is 1.83 bits per heavy atom. The first-order chi connectivity index (χ1) is 11.3. The molecule has 128 valence electrons. The van der Waals surface area contributed by atoms with Crippen molar-refractivity contribution in [1.29, 1.82) is 0 Å². The SMILES string of the molecule is CC[C@H](C)[C@@H](NC(=O)c1ccc2c(c1)C(=O)N(C)C2=O)C(=O)OC. The van der Waals surface area contributed by atoms with Gasteiger partial charge in [0.15, 0.2) is 0 Å². The normalized spacial score (nSPS) is 15.8. The summed E-state index contributed by atoms with van der Waals surface area (Å²) in [7, 11) is 2.65. The molecule has 0 radical (unpaired) electrons. The third-order valence-electron chi connectivity index (χ3n) is 4.31. The molecule has 0 spiro atoms. The van der Waals surface area contributed by atoms with Crippen LogP contribution in [0.3, 0.4) is 0 Å². The maximum absolute atomic E-state index is 12.4. The minimum Gasteiger partial charge on any atom is -0.467 e. The Balaban J connectivity index is 2.26. The number of amides is 3. The second kappa shape index (κ2) is 6.82. The molecule has 1 N–H and O–H groups in total. The summed E-state index contributed by atoms with van der Waals surface area (Å²) in [5.41, 5.74) is 0.668. The lowest BCUT2D eigenvalue weighted by Gasteiger charge is -2.21. The monoisotopic (exact) mass is 332 g/mol. The Morgan fingerprint density at radius 3 is 2.42 bits per heavy atom. The summed E-state index contributed by atoms with van der Waals surface area (Å²) in [6.07, 6.45) is 0.683. The van der Waals surface area contributed by atoms with Crippen molar-refractivity contribution < 1.29 is 23.9 Å². The van der Waals surface area contributed by atoms with Gasteiger partial charge in [-0.15, -0.1) is 0 Å². The molecular weight excluding hydrogens is 312 g/mol. The van der Waals surface area contributed by atoms with E-state index >= 15 is 0 Å². The highest BCUT2D eigenvalue weighted by molar-refractivity contribution is 6.21. The molecule has 1 aromatic rings. The molecule has 1 heterocycles. The van der Waals surface area contributed by atoms with Crippen molar-refractivity contribution in [3.8, 4) is 0 Å². The van der Waals surface area contributed by atoms with Crippen molar-refractivity contribution in [2.45, 2.75) is 26.3 Å². The summed E-state index contributed by atoms with van der Waals surface area (Å²) in [6.45, 7) is 3.74. The summed E-state index contributed by atoms with van der Waals surface area (Å²) >= 11 is 0. The van der Waals surface area contributed by atoms with Crippen LogP contribution in [0.4, 0.5) is 0 Å². The van der Waals surface area contributed by atoms with Crippen LogP contribution in [0.2, 0.25) is 0 Å². The first-order valence-corrected chi connectivity index (χ1v) is 7.66. The summed E-state index contributed by atoms with van der Waals surface area (Å²) in [4.78, 5) is 49.2. The lowest BCUT2D eigenvalue weighted by Crippen LogP contribution is -2.45.